The average Bonchev–Trinajstić information content (AvgIpc) is 3.13. The third-order valence-electron chi connectivity index (χ3n) is 4.54. The fraction of sp³-hybridized carbons (Fsp3) is 0.412. The van der Waals surface area contributed by atoms with Crippen LogP contribution in [0.2, 0.25) is 0 Å². The van der Waals surface area contributed by atoms with Crippen molar-refractivity contribution in [1.29, 1.82) is 0 Å². The molecule has 116 valence electrons. The van der Waals surface area contributed by atoms with Crippen LogP contribution in [0.25, 0.3) is 10.9 Å². The number of H-pyrrole nitrogens is 1. The molecule has 0 spiro atoms. The Balaban J connectivity index is 1.64. The van der Waals surface area contributed by atoms with Crippen molar-refractivity contribution in [2.45, 2.75) is 44.1 Å². The normalized spacial score (nSPS) is 16.7. The summed E-state index contributed by atoms with van der Waals surface area (Å²) in [5.41, 5.74) is 1.09. The van der Waals surface area contributed by atoms with Gasteiger partial charge in [0.25, 0.3) is 0 Å². The van der Waals surface area contributed by atoms with E-state index >= 15 is 0 Å². The average molecular weight is 300 g/mol. The van der Waals surface area contributed by atoms with E-state index in [-0.39, 0.29) is 5.91 Å². The van der Waals surface area contributed by atoms with Gasteiger partial charge in [-0.2, -0.15) is 0 Å². The maximum Gasteiger partial charge on any atom is 0.329 e. The van der Waals surface area contributed by atoms with Crippen LogP contribution < -0.4 is 5.32 Å². The number of aromatic amines is 1. The van der Waals surface area contributed by atoms with E-state index in [0.717, 1.165) is 29.3 Å². The van der Waals surface area contributed by atoms with E-state index in [1.54, 1.807) is 0 Å². The van der Waals surface area contributed by atoms with Crippen LogP contribution in [0.1, 0.15) is 37.7 Å². The smallest absolute Gasteiger partial charge is 0.329 e. The van der Waals surface area contributed by atoms with Crippen molar-refractivity contribution in [3.63, 3.8) is 0 Å². The Morgan fingerprint density at radius 1 is 1.23 bits per heavy atom. The molecule has 3 rings (SSSR count). The number of benzene rings is 1. The van der Waals surface area contributed by atoms with Gasteiger partial charge in [-0.05, 0) is 30.9 Å². The third kappa shape index (κ3) is 2.71. The summed E-state index contributed by atoms with van der Waals surface area (Å²) in [5.74, 6) is -1.10. The van der Waals surface area contributed by atoms with E-state index in [1.165, 1.54) is 0 Å². The minimum absolute atomic E-state index is 0.186. The first-order valence-corrected chi connectivity index (χ1v) is 7.70. The lowest BCUT2D eigenvalue weighted by Crippen LogP contribution is -2.52. The summed E-state index contributed by atoms with van der Waals surface area (Å²) < 4.78 is 0. The first-order chi connectivity index (χ1) is 10.6. The summed E-state index contributed by atoms with van der Waals surface area (Å²) in [4.78, 5) is 26.8. The molecule has 0 saturated heterocycles. The van der Waals surface area contributed by atoms with Crippen LogP contribution >= 0.6 is 0 Å². The Kier molecular flexibility index (Phi) is 3.88. The van der Waals surface area contributed by atoms with Gasteiger partial charge in [-0.1, -0.05) is 31.0 Å². The zero-order chi connectivity index (χ0) is 15.6. The van der Waals surface area contributed by atoms with Crippen LogP contribution in [-0.2, 0) is 16.0 Å². The fourth-order valence-corrected chi connectivity index (χ4v) is 3.29. The Labute approximate surface area is 128 Å². The second-order valence-electron chi connectivity index (χ2n) is 6.00. The molecule has 1 aromatic carbocycles. The van der Waals surface area contributed by atoms with Crippen molar-refractivity contribution in [3.8, 4) is 0 Å². The number of carbonyl (C=O) groups is 2. The Hall–Kier alpha value is -2.30. The number of fused-ring (bicyclic) bond motifs is 1. The van der Waals surface area contributed by atoms with Gasteiger partial charge in [-0.15, -0.1) is 0 Å². The molecule has 3 N–H and O–H groups in total. The van der Waals surface area contributed by atoms with E-state index in [0.29, 0.717) is 25.7 Å². The van der Waals surface area contributed by atoms with Crippen molar-refractivity contribution in [2.24, 2.45) is 0 Å². The maximum atomic E-state index is 12.2. The first kappa shape index (κ1) is 14.6. The lowest BCUT2D eigenvalue weighted by molar-refractivity contribution is -0.147. The molecule has 0 bridgehead atoms. The number of para-hydroxylation sites is 1. The monoisotopic (exact) mass is 300 g/mol. The number of rotatable bonds is 5. The van der Waals surface area contributed by atoms with E-state index in [2.05, 4.69) is 10.3 Å². The predicted molar refractivity (Wildman–Crippen MR) is 83.6 cm³/mol. The molecular weight excluding hydrogens is 280 g/mol. The van der Waals surface area contributed by atoms with E-state index in [1.807, 2.05) is 30.5 Å². The summed E-state index contributed by atoms with van der Waals surface area (Å²) in [6.45, 7) is 0. The van der Waals surface area contributed by atoms with E-state index in [9.17, 15) is 14.7 Å². The first-order valence-electron chi connectivity index (χ1n) is 7.70. The number of hydrogen-bond acceptors (Lipinski definition) is 2. The van der Waals surface area contributed by atoms with Crippen LogP contribution in [0.3, 0.4) is 0 Å². The van der Waals surface area contributed by atoms with Crippen LogP contribution in [0.5, 0.6) is 0 Å². The van der Waals surface area contributed by atoms with E-state index in [4.69, 9.17) is 0 Å². The minimum atomic E-state index is -1.04. The highest BCUT2D eigenvalue weighted by atomic mass is 16.4. The lowest BCUT2D eigenvalue weighted by atomic mass is 9.97. The molecule has 1 aliphatic carbocycles. The van der Waals surface area contributed by atoms with Gasteiger partial charge >= 0.3 is 5.97 Å². The molecule has 1 heterocycles. The SMILES string of the molecule is O=C(CCc1c[nH]c2ccccc12)NC1(C(=O)O)CCCC1. The summed E-state index contributed by atoms with van der Waals surface area (Å²) >= 11 is 0. The number of amides is 1. The Morgan fingerprint density at radius 3 is 2.68 bits per heavy atom. The molecule has 1 fully saturated rings. The number of carboxylic acid groups (broad SMARTS) is 1. The van der Waals surface area contributed by atoms with Crippen molar-refractivity contribution < 1.29 is 14.7 Å². The number of hydrogen-bond donors (Lipinski definition) is 3. The molecular formula is C17H20N2O3. The molecule has 22 heavy (non-hydrogen) atoms. The van der Waals surface area contributed by atoms with Crippen molar-refractivity contribution in [1.82, 2.24) is 10.3 Å². The zero-order valence-electron chi connectivity index (χ0n) is 12.4. The highest BCUT2D eigenvalue weighted by Crippen LogP contribution is 2.30. The summed E-state index contributed by atoms with van der Waals surface area (Å²) in [6.07, 6.45) is 5.59. The summed E-state index contributed by atoms with van der Waals surface area (Å²) in [7, 11) is 0. The highest BCUT2D eigenvalue weighted by Gasteiger charge is 2.42. The lowest BCUT2D eigenvalue weighted by Gasteiger charge is -2.25. The molecule has 1 amide bonds. The number of carboxylic acids is 1. The maximum absolute atomic E-state index is 12.2. The molecule has 2 aromatic rings. The van der Waals surface area contributed by atoms with Gasteiger partial charge in [0.05, 0.1) is 0 Å². The molecule has 5 heteroatoms. The van der Waals surface area contributed by atoms with Crippen molar-refractivity contribution in [2.75, 3.05) is 0 Å². The fourth-order valence-electron chi connectivity index (χ4n) is 3.29. The van der Waals surface area contributed by atoms with Crippen molar-refractivity contribution >= 4 is 22.8 Å². The molecule has 0 aliphatic heterocycles. The number of carbonyl (C=O) groups excluding carboxylic acids is 1. The Morgan fingerprint density at radius 2 is 1.95 bits per heavy atom. The van der Waals surface area contributed by atoms with Crippen molar-refractivity contribution in [3.05, 3.63) is 36.0 Å². The molecule has 5 nitrogen and oxygen atoms in total. The highest BCUT2D eigenvalue weighted by molar-refractivity contribution is 5.88. The van der Waals surface area contributed by atoms with Gasteiger partial charge in [0.1, 0.15) is 5.54 Å². The molecule has 0 unspecified atom stereocenters. The molecule has 1 saturated carbocycles. The number of aromatic nitrogens is 1. The van der Waals surface area contributed by atoms with Gasteiger partial charge in [0, 0.05) is 23.5 Å². The second-order valence-corrected chi connectivity index (χ2v) is 6.00. The number of aryl methyl sites for hydroxylation is 1. The zero-order valence-corrected chi connectivity index (χ0v) is 12.4. The quantitative estimate of drug-likeness (QED) is 0.794. The number of nitrogens with one attached hydrogen (secondary N) is 2. The topological polar surface area (TPSA) is 82.2 Å². The Bertz CT molecular complexity index is 699. The van der Waals surface area contributed by atoms with Crippen LogP contribution in [0, 0.1) is 0 Å². The minimum Gasteiger partial charge on any atom is -0.480 e. The van der Waals surface area contributed by atoms with Gasteiger partial charge < -0.3 is 15.4 Å². The summed E-state index contributed by atoms with van der Waals surface area (Å²) in [6, 6.07) is 7.95. The largest absolute Gasteiger partial charge is 0.480 e. The van der Waals surface area contributed by atoms with Crippen LogP contribution in [0.15, 0.2) is 30.5 Å². The molecule has 1 aliphatic rings. The standard InChI is InChI=1S/C17H20N2O3/c20-15(19-17(16(21)22)9-3-4-10-17)8-7-12-11-18-14-6-2-1-5-13(12)14/h1-2,5-6,11,18H,3-4,7-10H2,(H,19,20)(H,21,22). The third-order valence-corrected chi connectivity index (χ3v) is 4.54. The van der Waals surface area contributed by atoms with Crippen LogP contribution in [0.4, 0.5) is 0 Å². The van der Waals surface area contributed by atoms with Gasteiger partial charge in [-0.3, -0.25) is 4.79 Å². The predicted octanol–water partition coefficient (Wildman–Crippen LogP) is 2.61. The second kappa shape index (κ2) is 5.83. The number of aliphatic carboxylic acids is 1. The van der Waals surface area contributed by atoms with E-state index < -0.39 is 11.5 Å². The van der Waals surface area contributed by atoms with Gasteiger partial charge in [-0.25, -0.2) is 4.79 Å². The molecule has 0 radical (unpaired) electrons. The van der Waals surface area contributed by atoms with Crippen LogP contribution in [-0.4, -0.2) is 27.5 Å². The molecule has 0 atom stereocenters. The summed E-state index contributed by atoms with van der Waals surface area (Å²) in [5, 5.41) is 13.3. The van der Waals surface area contributed by atoms with Gasteiger partial charge in [0.2, 0.25) is 5.91 Å². The molecule has 1 aromatic heterocycles. The van der Waals surface area contributed by atoms with Gasteiger partial charge in [0.15, 0.2) is 0 Å².